The van der Waals surface area contributed by atoms with Crippen LogP contribution in [0.1, 0.15) is 0 Å². The molecule has 0 spiro atoms. The normalized spacial score (nSPS) is 11.8. The summed E-state index contributed by atoms with van der Waals surface area (Å²) in [4.78, 5) is -0.334. The Morgan fingerprint density at radius 2 is 1.81 bits per heavy atom. The summed E-state index contributed by atoms with van der Waals surface area (Å²) >= 11 is 0. The van der Waals surface area contributed by atoms with Gasteiger partial charge in [0.1, 0.15) is 5.75 Å². The van der Waals surface area contributed by atoms with Gasteiger partial charge in [-0.1, -0.05) is 12.1 Å². The number of benzene rings is 2. The Kier molecular flexibility index (Phi) is 2.25. The third-order valence-electron chi connectivity index (χ3n) is 2.28. The Hall–Kier alpha value is -1.79. The average molecular weight is 239 g/mol. The number of fused-ring (bicyclic) bond motifs is 1. The smallest absolute Gasteiger partial charge is 0.294 e. The Bertz CT molecular complexity index is 664. The largest absolute Gasteiger partial charge is 0.507 e. The van der Waals surface area contributed by atoms with Gasteiger partial charge in [-0.25, -0.2) is 0 Å². The maximum absolute atomic E-state index is 11.0. The van der Waals surface area contributed by atoms with E-state index in [2.05, 4.69) is 0 Å². The van der Waals surface area contributed by atoms with E-state index in [-0.39, 0.29) is 21.7 Å². The summed E-state index contributed by atoms with van der Waals surface area (Å²) in [6.07, 6.45) is 0. The quantitative estimate of drug-likeness (QED) is 0.515. The number of nitrogens with two attached hydrogens (primary N) is 1. The first-order valence-corrected chi connectivity index (χ1v) is 5.82. The van der Waals surface area contributed by atoms with Crippen LogP contribution in [-0.2, 0) is 10.1 Å². The zero-order valence-electron chi connectivity index (χ0n) is 8.08. The van der Waals surface area contributed by atoms with Crippen LogP contribution in [0, 0.1) is 0 Å². The van der Waals surface area contributed by atoms with Crippen molar-refractivity contribution in [2.75, 3.05) is 5.73 Å². The van der Waals surface area contributed by atoms with Gasteiger partial charge in [0, 0.05) is 16.5 Å². The minimum absolute atomic E-state index is 0.0882. The van der Waals surface area contributed by atoms with Gasteiger partial charge in [0.15, 0.2) is 0 Å². The van der Waals surface area contributed by atoms with Gasteiger partial charge in [-0.3, -0.25) is 4.55 Å². The van der Waals surface area contributed by atoms with E-state index in [4.69, 9.17) is 10.3 Å². The van der Waals surface area contributed by atoms with Crippen LogP contribution in [0.2, 0.25) is 0 Å². The minimum atomic E-state index is -4.32. The number of anilines is 1. The van der Waals surface area contributed by atoms with Gasteiger partial charge < -0.3 is 10.8 Å². The molecule has 4 N–H and O–H groups in total. The van der Waals surface area contributed by atoms with E-state index >= 15 is 0 Å². The number of aromatic hydroxyl groups is 1. The molecule has 5 nitrogen and oxygen atoms in total. The zero-order chi connectivity index (χ0) is 11.9. The topological polar surface area (TPSA) is 101 Å². The first kappa shape index (κ1) is 10.7. The molecule has 0 fully saturated rings. The Labute approximate surface area is 91.9 Å². The summed E-state index contributed by atoms with van der Waals surface area (Å²) in [6, 6.07) is 6.99. The van der Waals surface area contributed by atoms with Crippen LogP contribution in [0.15, 0.2) is 35.2 Å². The van der Waals surface area contributed by atoms with Crippen LogP contribution in [0.5, 0.6) is 5.75 Å². The first-order chi connectivity index (χ1) is 7.39. The molecule has 0 aliphatic heterocycles. The molecule has 0 saturated heterocycles. The molecule has 2 aromatic rings. The molecule has 0 bridgehead atoms. The first-order valence-electron chi connectivity index (χ1n) is 4.38. The third-order valence-corrected chi connectivity index (χ3v) is 3.11. The highest BCUT2D eigenvalue weighted by Gasteiger charge is 2.13. The van der Waals surface area contributed by atoms with E-state index in [1.807, 2.05) is 0 Å². The fourth-order valence-electron chi connectivity index (χ4n) is 1.52. The molecule has 0 heterocycles. The highest BCUT2D eigenvalue weighted by Crippen LogP contribution is 2.31. The highest BCUT2D eigenvalue weighted by atomic mass is 32.2. The van der Waals surface area contributed by atoms with E-state index in [0.29, 0.717) is 5.39 Å². The fourth-order valence-corrected chi connectivity index (χ4v) is 2.06. The van der Waals surface area contributed by atoms with Crippen molar-refractivity contribution in [3.8, 4) is 5.75 Å². The minimum Gasteiger partial charge on any atom is -0.507 e. The number of hydrogen-bond donors (Lipinski definition) is 3. The van der Waals surface area contributed by atoms with Crippen molar-refractivity contribution in [3.63, 3.8) is 0 Å². The number of phenols is 1. The summed E-state index contributed by atoms with van der Waals surface area (Å²) < 4.78 is 30.8. The van der Waals surface area contributed by atoms with Crippen molar-refractivity contribution in [1.29, 1.82) is 0 Å². The summed E-state index contributed by atoms with van der Waals surface area (Å²) in [5, 5.41) is 10.4. The molecule has 0 unspecified atom stereocenters. The molecule has 0 atom stereocenters. The molecule has 0 aromatic heterocycles. The lowest BCUT2D eigenvalue weighted by Gasteiger charge is -2.06. The van der Waals surface area contributed by atoms with Crippen molar-refractivity contribution in [1.82, 2.24) is 0 Å². The van der Waals surface area contributed by atoms with Crippen LogP contribution in [0.25, 0.3) is 10.8 Å². The molecular formula is C10H9NO4S. The summed E-state index contributed by atoms with van der Waals surface area (Å²) in [5.74, 6) is -0.0882. The predicted octanol–water partition coefficient (Wildman–Crippen LogP) is 1.37. The van der Waals surface area contributed by atoms with E-state index in [1.165, 1.54) is 12.1 Å². The molecule has 16 heavy (non-hydrogen) atoms. The van der Waals surface area contributed by atoms with Crippen LogP contribution in [0.4, 0.5) is 5.69 Å². The monoisotopic (exact) mass is 239 g/mol. The van der Waals surface area contributed by atoms with Gasteiger partial charge in [-0.05, 0) is 18.2 Å². The molecule has 2 rings (SSSR count). The maximum atomic E-state index is 11.0. The molecule has 84 valence electrons. The Morgan fingerprint density at radius 1 is 1.12 bits per heavy atom. The standard InChI is InChI=1S/C10H9NO4S/c11-9-5-6(16(13,14)15)4-8-7(9)2-1-3-10(8)12/h1-5,12H,11H2,(H,13,14,15). The molecular weight excluding hydrogens is 230 g/mol. The lowest BCUT2D eigenvalue weighted by Crippen LogP contribution is -2.00. The number of phenolic OH excluding ortho intramolecular Hbond substituents is 1. The molecule has 0 radical (unpaired) electrons. The van der Waals surface area contributed by atoms with Crippen LogP contribution in [0.3, 0.4) is 0 Å². The SMILES string of the molecule is Nc1cc(S(=O)(=O)O)cc2c(O)cccc12. The number of nitrogen functional groups attached to an aromatic ring is 1. The maximum Gasteiger partial charge on any atom is 0.294 e. The summed E-state index contributed by atoms with van der Waals surface area (Å²) in [6.45, 7) is 0. The molecule has 0 aliphatic rings. The molecule has 0 aliphatic carbocycles. The Morgan fingerprint density at radius 3 is 2.44 bits per heavy atom. The van der Waals surface area contributed by atoms with Gasteiger partial charge in [-0.15, -0.1) is 0 Å². The van der Waals surface area contributed by atoms with E-state index in [0.717, 1.165) is 6.07 Å². The zero-order valence-corrected chi connectivity index (χ0v) is 8.90. The van der Waals surface area contributed by atoms with Crippen LogP contribution >= 0.6 is 0 Å². The highest BCUT2D eigenvalue weighted by molar-refractivity contribution is 7.85. The van der Waals surface area contributed by atoms with Crippen LogP contribution in [-0.4, -0.2) is 18.1 Å². The summed E-state index contributed by atoms with van der Waals surface area (Å²) in [5.41, 5.74) is 5.82. The van der Waals surface area contributed by atoms with Gasteiger partial charge in [0.05, 0.1) is 4.90 Å². The average Bonchev–Trinajstić information content (AvgIpc) is 2.18. The van der Waals surface area contributed by atoms with E-state index in [9.17, 15) is 13.5 Å². The third kappa shape index (κ3) is 1.68. The lowest BCUT2D eigenvalue weighted by atomic mass is 10.1. The Balaban J connectivity index is 2.91. The van der Waals surface area contributed by atoms with Gasteiger partial charge in [0.25, 0.3) is 10.1 Å². The van der Waals surface area contributed by atoms with Gasteiger partial charge >= 0.3 is 0 Å². The van der Waals surface area contributed by atoms with Gasteiger partial charge in [-0.2, -0.15) is 8.42 Å². The van der Waals surface area contributed by atoms with Crippen molar-refractivity contribution in [2.45, 2.75) is 4.90 Å². The second-order valence-corrected chi connectivity index (χ2v) is 4.78. The van der Waals surface area contributed by atoms with Crippen molar-refractivity contribution < 1.29 is 18.1 Å². The second-order valence-electron chi connectivity index (χ2n) is 3.36. The molecule has 0 saturated carbocycles. The fraction of sp³-hybridized carbons (Fsp3) is 0. The van der Waals surface area contributed by atoms with Crippen molar-refractivity contribution >= 4 is 26.6 Å². The van der Waals surface area contributed by atoms with Gasteiger partial charge in [0.2, 0.25) is 0 Å². The van der Waals surface area contributed by atoms with Crippen molar-refractivity contribution in [3.05, 3.63) is 30.3 Å². The number of rotatable bonds is 1. The summed E-state index contributed by atoms with van der Waals surface area (Å²) in [7, 11) is -4.32. The molecule has 0 amide bonds. The van der Waals surface area contributed by atoms with Crippen molar-refractivity contribution in [2.24, 2.45) is 0 Å². The van der Waals surface area contributed by atoms with E-state index < -0.39 is 10.1 Å². The number of hydrogen-bond acceptors (Lipinski definition) is 4. The molecule has 2 aromatic carbocycles. The predicted molar refractivity (Wildman–Crippen MR) is 59.8 cm³/mol. The van der Waals surface area contributed by atoms with E-state index in [1.54, 1.807) is 12.1 Å². The second kappa shape index (κ2) is 3.36. The lowest BCUT2D eigenvalue weighted by molar-refractivity contribution is 0.481. The molecule has 6 heteroatoms. The van der Waals surface area contributed by atoms with Crippen LogP contribution < -0.4 is 5.73 Å².